The number of ether oxygens (including phenoxy) is 4. The van der Waals surface area contributed by atoms with Gasteiger partial charge in [-0.05, 0) is 30.5 Å². The molecule has 0 spiro atoms. The Hall–Kier alpha value is -2.94. The van der Waals surface area contributed by atoms with Gasteiger partial charge in [0.1, 0.15) is 24.0 Å². The highest BCUT2D eigenvalue weighted by molar-refractivity contribution is 5.91. The van der Waals surface area contributed by atoms with E-state index in [0.717, 1.165) is 0 Å². The van der Waals surface area contributed by atoms with E-state index in [-0.39, 0.29) is 35.5 Å². The van der Waals surface area contributed by atoms with Gasteiger partial charge in [0, 0.05) is 19.8 Å². The van der Waals surface area contributed by atoms with Crippen molar-refractivity contribution in [3.05, 3.63) is 29.3 Å². The second-order valence-electron chi connectivity index (χ2n) is 7.36. The number of esters is 2. The molecule has 164 valence electrons. The largest absolute Gasteiger partial charge is 0.478 e. The third-order valence-corrected chi connectivity index (χ3v) is 5.04. The molecule has 0 saturated carbocycles. The van der Waals surface area contributed by atoms with Gasteiger partial charge in [0.25, 0.3) is 0 Å². The van der Waals surface area contributed by atoms with Crippen molar-refractivity contribution in [3.8, 4) is 5.75 Å². The van der Waals surface area contributed by atoms with Gasteiger partial charge in [0.05, 0.1) is 0 Å². The number of carboxylic acid groups (broad SMARTS) is 1. The Morgan fingerprint density at radius 2 is 1.70 bits per heavy atom. The first-order valence-corrected chi connectivity index (χ1v) is 9.50. The summed E-state index contributed by atoms with van der Waals surface area (Å²) >= 11 is 0. The average Bonchev–Trinajstić information content (AvgIpc) is 2.65. The van der Waals surface area contributed by atoms with Crippen LogP contribution in [0.4, 0.5) is 0 Å². The molecule has 9 nitrogen and oxygen atoms in total. The predicted octanol–water partition coefficient (Wildman–Crippen LogP) is 2.34. The van der Waals surface area contributed by atoms with Crippen LogP contribution in [0.3, 0.4) is 0 Å². The van der Waals surface area contributed by atoms with Crippen LogP contribution in [0.25, 0.3) is 0 Å². The van der Waals surface area contributed by atoms with E-state index >= 15 is 0 Å². The molecule has 1 aliphatic heterocycles. The zero-order chi connectivity index (χ0) is 22.6. The lowest BCUT2D eigenvalue weighted by atomic mass is 9.82. The average molecular weight is 422 g/mol. The Morgan fingerprint density at radius 3 is 2.23 bits per heavy atom. The number of hydrogen-bond donors (Lipinski definition) is 1. The van der Waals surface area contributed by atoms with Crippen LogP contribution < -0.4 is 4.74 Å². The van der Waals surface area contributed by atoms with Crippen molar-refractivity contribution in [1.29, 1.82) is 0 Å². The van der Waals surface area contributed by atoms with Crippen LogP contribution in [0, 0.1) is 11.8 Å². The summed E-state index contributed by atoms with van der Waals surface area (Å²) in [6, 6.07) is 4.27. The lowest BCUT2D eigenvalue weighted by molar-refractivity contribution is -0.242. The van der Waals surface area contributed by atoms with E-state index in [9.17, 15) is 24.3 Å². The molecule has 1 saturated heterocycles. The molecule has 5 atom stereocenters. The molecule has 1 aliphatic rings. The lowest BCUT2D eigenvalue weighted by Gasteiger charge is -2.42. The fourth-order valence-electron chi connectivity index (χ4n) is 3.33. The predicted molar refractivity (Wildman–Crippen MR) is 103 cm³/mol. The van der Waals surface area contributed by atoms with Crippen LogP contribution in [0.2, 0.25) is 0 Å². The van der Waals surface area contributed by atoms with Gasteiger partial charge in [-0.1, -0.05) is 19.9 Å². The first-order chi connectivity index (χ1) is 14.0. The molecule has 1 heterocycles. The van der Waals surface area contributed by atoms with E-state index in [1.54, 1.807) is 6.07 Å². The number of aromatic carboxylic acids is 1. The van der Waals surface area contributed by atoms with Crippen LogP contribution >= 0.6 is 0 Å². The lowest BCUT2D eigenvalue weighted by Crippen LogP contribution is -2.55. The third-order valence-electron chi connectivity index (χ3n) is 5.04. The molecule has 0 radical (unpaired) electrons. The summed E-state index contributed by atoms with van der Waals surface area (Å²) in [4.78, 5) is 46.3. The van der Waals surface area contributed by atoms with Gasteiger partial charge >= 0.3 is 17.9 Å². The van der Waals surface area contributed by atoms with Crippen LogP contribution in [-0.4, -0.2) is 47.3 Å². The van der Waals surface area contributed by atoms with Crippen molar-refractivity contribution in [2.24, 2.45) is 11.8 Å². The number of ketones is 1. The molecule has 1 N–H and O–H groups in total. The molecule has 0 aliphatic carbocycles. The summed E-state index contributed by atoms with van der Waals surface area (Å²) in [5.74, 6) is -3.06. The molecular formula is C21H26O9. The Kier molecular flexibility index (Phi) is 7.55. The number of Topliss-reactive ketones (excluding diaryl/α,β-unsaturated/α-hetero) is 1. The highest BCUT2D eigenvalue weighted by atomic mass is 16.7. The minimum absolute atomic E-state index is 0.0275. The van der Waals surface area contributed by atoms with Crippen LogP contribution in [0.15, 0.2) is 18.2 Å². The van der Waals surface area contributed by atoms with E-state index in [2.05, 4.69) is 0 Å². The highest BCUT2D eigenvalue weighted by Gasteiger charge is 2.46. The fraction of sp³-hybridized carbons (Fsp3) is 0.524. The van der Waals surface area contributed by atoms with E-state index in [0.29, 0.717) is 5.56 Å². The molecule has 1 aromatic carbocycles. The Labute approximate surface area is 174 Å². The molecule has 1 fully saturated rings. The summed E-state index contributed by atoms with van der Waals surface area (Å²) in [6.45, 7) is 7.43. The standard InChI is InChI=1S/C21H26O9/c1-10-11(2)19(28-14(5)24)21(30-18(10)12(3)22)29-17-7-6-15(9-27-13(4)23)8-16(17)20(25)26/h6-8,10-11,18-19,21H,9H2,1-5H3,(H,25,26)/t10-,11-,18-,19+,21+/m0/s1. The number of carbonyl (C=O) groups excluding carboxylic acids is 3. The van der Waals surface area contributed by atoms with E-state index in [1.165, 1.54) is 32.9 Å². The van der Waals surface area contributed by atoms with Crippen molar-refractivity contribution in [2.75, 3.05) is 0 Å². The molecule has 0 aromatic heterocycles. The smallest absolute Gasteiger partial charge is 0.339 e. The van der Waals surface area contributed by atoms with Gasteiger partial charge in [0.15, 0.2) is 11.9 Å². The van der Waals surface area contributed by atoms with Crippen molar-refractivity contribution in [3.63, 3.8) is 0 Å². The molecule has 0 bridgehead atoms. The zero-order valence-electron chi connectivity index (χ0n) is 17.5. The number of rotatable bonds is 7. The molecule has 30 heavy (non-hydrogen) atoms. The quantitative estimate of drug-likeness (QED) is 0.659. The van der Waals surface area contributed by atoms with Crippen molar-refractivity contribution in [2.45, 2.75) is 59.7 Å². The zero-order valence-corrected chi connectivity index (χ0v) is 17.5. The summed E-state index contributed by atoms with van der Waals surface area (Å²) in [5.41, 5.74) is 0.273. The summed E-state index contributed by atoms with van der Waals surface area (Å²) in [7, 11) is 0. The normalized spacial score (nSPS) is 25.8. The third kappa shape index (κ3) is 5.56. The summed E-state index contributed by atoms with van der Waals surface area (Å²) < 4.78 is 21.8. The monoisotopic (exact) mass is 422 g/mol. The molecule has 9 heteroatoms. The number of hydrogen-bond acceptors (Lipinski definition) is 8. The second kappa shape index (κ2) is 9.71. The maximum absolute atomic E-state index is 12.0. The van der Waals surface area contributed by atoms with E-state index < -0.39 is 36.4 Å². The van der Waals surface area contributed by atoms with Gasteiger partial charge in [-0.25, -0.2) is 4.79 Å². The molecular weight excluding hydrogens is 396 g/mol. The van der Waals surface area contributed by atoms with Crippen molar-refractivity contribution >= 4 is 23.7 Å². The van der Waals surface area contributed by atoms with Crippen molar-refractivity contribution in [1.82, 2.24) is 0 Å². The van der Waals surface area contributed by atoms with Crippen LogP contribution in [0.1, 0.15) is 50.5 Å². The van der Waals surface area contributed by atoms with Gasteiger partial charge < -0.3 is 24.1 Å². The van der Waals surface area contributed by atoms with Gasteiger partial charge in [-0.3, -0.25) is 14.4 Å². The number of carbonyl (C=O) groups is 4. The van der Waals surface area contributed by atoms with E-state index in [1.807, 2.05) is 13.8 Å². The first kappa shape index (κ1) is 23.3. The second-order valence-corrected chi connectivity index (χ2v) is 7.36. The Bertz CT molecular complexity index is 832. The highest BCUT2D eigenvalue weighted by Crippen LogP contribution is 2.35. The molecule has 2 rings (SSSR count). The van der Waals surface area contributed by atoms with Gasteiger partial charge in [-0.15, -0.1) is 0 Å². The first-order valence-electron chi connectivity index (χ1n) is 9.50. The SMILES string of the molecule is CC(=O)OCc1ccc(O[C@@H]2O[C@H](C(C)=O)[C@@H](C)[C@H](C)[C@H]2OC(C)=O)c(C(=O)O)c1. The minimum Gasteiger partial charge on any atom is -0.478 e. The van der Waals surface area contributed by atoms with Crippen LogP contribution in [0.5, 0.6) is 5.75 Å². The molecule has 1 aromatic rings. The number of carboxylic acids is 1. The van der Waals surface area contributed by atoms with Gasteiger partial charge in [-0.2, -0.15) is 0 Å². The fourth-order valence-corrected chi connectivity index (χ4v) is 3.33. The number of benzene rings is 1. The molecule has 0 unspecified atom stereocenters. The maximum atomic E-state index is 12.0. The van der Waals surface area contributed by atoms with E-state index in [4.69, 9.17) is 18.9 Å². The Morgan fingerprint density at radius 1 is 1.03 bits per heavy atom. The minimum atomic E-state index is -1.26. The Balaban J connectivity index is 2.35. The summed E-state index contributed by atoms with van der Waals surface area (Å²) in [5, 5.41) is 9.57. The van der Waals surface area contributed by atoms with Gasteiger partial charge in [0.2, 0.25) is 6.29 Å². The van der Waals surface area contributed by atoms with Crippen LogP contribution in [-0.2, 0) is 35.2 Å². The maximum Gasteiger partial charge on any atom is 0.339 e. The molecule has 0 amide bonds. The topological polar surface area (TPSA) is 125 Å². The van der Waals surface area contributed by atoms with Crippen molar-refractivity contribution < 1.29 is 43.2 Å². The summed E-state index contributed by atoms with van der Waals surface area (Å²) in [6.07, 6.45) is -2.80.